The quantitative estimate of drug-likeness (QED) is 0.806. The van der Waals surface area contributed by atoms with Crippen LogP contribution < -0.4 is 5.32 Å². The number of nitrogens with zero attached hydrogens (tertiary/aromatic N) is 2. The van der Waals surface area contributed by atoms with E-state index in [9.17, 15) is 9.18 Å². The first-order chi connectivity index (χ1) is 8.16. The van der Waals surface area contributed by atoms with Crippen molar-refractivity contribution in [2.24, 2.45) is 0 Å². The van der Waals surface area contributed by atoms with E-state index in [4.69, 9.17) is 0 Å². The molecule has 0 bridgehead atoms. The van der Waals surface area contributed by atoms with Gasteiger partial charge >= 0.3 is 0 Å². The SMILES string of the molecule is Cc1ncccc1NC(=O)c1ccc(F)nc1. The second kappa shape index (κ2) is 4.69. The summed E-state index contributed by atoms with van der Waals surface area (Å²) in [6.07, 6.45) is 2.83. The van der Waals surface area contributed by atoms with Gasteiger partial charge in [-0.05, 0) is 31.2 Å². The molecule has 2 rings (SSSR count). The minimum Gasteiger partial charge on any atom is -0.320 e. The molecule has 0 saturated heterocycles. The summed E-state index contributed by atoms with van der Waals surface area (Å²) in [6, 6.07) is 6.00. The van der Waals surface area contributed by atoms with E-state index in [0.717, 1.165) is 11.8 Å². The zero-order valence-corrected chi connectivity index (χ0v) is 9.14. The Balaban J connectivity index is 2.17. The lowest BCUT2D eigenvalue weighted by Gasteiger charge is -2.06. The van der Waals surface area contributed by atoms with Gasteiger partial charge < -0.3 is 5.32 Å². The van der Waals surface area contributed by atoms with Gasteiger partial charge in [-0.15, -0.1) is 0 Å². The average Bonchev–Trinajstić information content (AvgIpc) is 2.33. The Morgan fingerprint density at radius 1 is 1.29 bits per heavy atom. The van der Waals surface area contributed by atoms with Gasteiger partial charge in [0.15, 0.2) is 0 Å². The van der Waals surface area contributed by atoms with Crippen molar-refractivity contribution in [1.82, 2.24) is 9.97 Å². The van der Waals surface area contributed by atoms with E-state index in [2.05, 4.69) is 15.3 Å². The predicted octanol–water partition coefficient (Wildman–Crippen LogP) is 2.18. The maximum Gasteiger partial charge on any atom is 0.257 e. The highest BCUT2D eigenvalue weighted by Crippen LogP contribution is 2.12. The molecule has 0 aromatic carbocycles. The highest BCUT2D eigenvalue weighted by atomic mass is 19.1. The van der Waals surface area contributed by atoms with Gasteiger partial charge in [-0.3, -0.25) is 9.78 Å². The van der Waals surface area contributed by atoms with Crippen molar-refractivity contribution in [3.63, 3.8) is 0 Å². The van der Waals surface area contributed by atoms with Crippen LogP contribution in [-0.2, 0) is 0 Å². The lowest BCUT2D eigenvalue weighted by atomic mass is 10.2. The molecule has 2 aromatic heterocycles. The van der Waals surface area contributed by atoms with Crippen LogP contribution in [0.5, 0.6) is 0 Å². The fourth-order valence-electron chi connectivity index (χ4n) is 1.32. The van der Waals surface area contributed by atoms with Gasteiger partial charge in [-0.2, -0.15) is 4.39 Å². The van der Waals surface area contributed by atoms with Gasteiger partial charge in [-0.25, -0.2) is 4.98 Å². The van der Waals surface area contributed by atoms with Crippen LogP contribution in [0.25, 0.3) is 0 Å². The largest absolute Gasteiger partial charge is 0.320 e. The second-order valence-electron chi connectivity index (χ2n) is 3.46. The van der Waals surface area contributed by atoms with Crippen LogP contribution in [0.2, 0.25) is 0 Å². The summed E-state index contributed by atoms with van der Waals surface area (Å²) in [5.41, 5.74) is 1.65. The number of carbonyl (C=O) groups is 1. The Morgan fingerprint density at radius 2 is 2.12 bits per heavy atom. The number of rotatable bonds is 2. The molecule has 0 aliphatic carbocycles. The predicted molar refractivity (Wildman–Crippen MR) is 61.1 cm³/mol. The van der Waals surface area contributed by atoms with Crippen molar-refractivity contribution in [2.45, 2.75) is 6.92 Å². The third kappa shape index (κ3) is 2.63. The molecule has 17 heavy (non-hydrogen) atoms. The maximum absolute atomic E-state index is 12.6. The Bertz CT molecular complexity index is 540. The number of carbonyl (C=O) groups excluding carboxylic acids is 1. The number of nitrogens with one attached hydrogen (secondary N) is 1. The molecule has 2 heterocycles. The van der Waals surface area contributed by atoms with Crippen molar-refractivity contribution < 1.29 is 9.18 Å². The van der Waals surface area contributed by atoms with Crippen LogP contribution in [0.15, 0.2) is 36.7 Å². The summed E-state index contributed by atoms with van der Waals surface area (Å²) in [5, 5.41) is 2.68. The van der Waals surface area contributed by atoms with Crippen molar-refractivity contribution >= 4 is 11.6 Å². The summed E-state index contributed by atoms with van der Waals surface area (Å²) in [5.74, 6) is -0.951. The zero-order chi connectivity index (χ0) is 12.3. The standard InChI is InChI=1S/C12H10FN3O/c1-8-10(3-2-6-14-8)16-12(17)9-4-5-11(13)15-7-9/h2-7H,1H3,(H,16,17). The zero-order valence-electron chi connectivity index (χ0n) is 9.14. The number of amides is 1. The lowest BCUT2D eigenvalue weighted by molar-refractivity contribution is 0.102. The number of hydrogen-bond donors (Lipinski definition) is 1. The Hall–Kier alpha value is -2.30. The highest BCUT2D eigenvalue weighted by molar-refractivity contribution is 6.04. The van der Waals surface area contributed by atoms with Crippen LogP contribution in [-0.4, -0.2) is 15.9 Å². The molecule has 2 aromatic rings. The van der Waals surface area contributed by atoms with Crippen LogP contribution in [0.1, 0.15) is 16.1 Å². The van der Waals surface area contributed by atoms with Gasteiger partial charge in [-0.1, -0.05) is 0 Å². The van der Waals surface area contributed by atoms with Gasteiger partial charge in [0, 0.05) is 12.4 Å². The Morgan fingerprint density at radius 3 is 2.76 bits per heavy atom. The van der Waals surface area contributed by atoms with E-state index in [-0.39, 0.29) is 5.91 Å². The molecule has 5 heteroatoms. The molecular weight excluding hydrogens is 221 g/mol. The molecule has 0 aliphatic heterocycles. The number of anilines is 1. The van der Waals surface area contributed by atoms with Crippen LogP contribution in [0.4, 0.5) is 10.1 Å². The minimum absolute atomic E-state index is 0.301. The molecule has 1 N–H and O–H groups in total. The molecule has 86 valence electrons. The fourth-order valence-corrected chi connectivity index (χ4v) is 1.32. The molecule has 4 nitrogen and oxygen atoms in total. The number of hydrogen-bond acceptors (Lipinski definition) is 3. The summed E-state index contributed by atoms with van der Waals surface area (Å²) in [4.78, 5) is 19.2. The minimum atomic E-state index is -0.612. The highest BCUT2D eigenvalue weighted by Gasteiger charge is 2.08. The fraction of sp³-hybridized carbons (Fsp3) is 0.0833. The monoisotopic (exact) mass is 231 g/mol. The van der Waals surface area contributed by atoms with E-state index >= 15 is 0 Å². The first-order valence-corrected chi connectivity index (χ1v) is 5.01. The molecule has 0 fully saturated rings. The number of aromatic nitrogens is 2. The van der Waals surface area contributed by atoms with E-state index < -0.39 is 5.95 Å². The second-order valence-corrected chi connectivity index (χ2v) is 3.46. The lowest BCUT2D eigenvalue weighted by Crippen LogP contribution is -2.13. The Labute approximate surface area is 97.5 Å². The van der Waals surface area contributed by atoms with Crippen molar-refractivity contribution in [2.75, 3.05) is 5.32 Å². The first kappa shape index (κ1) is 11.2. The molecule has 1 amide bonds. The number of aryl methyl sites for hydroxylation is 1. The summed E-state index contributed by atoms with van der Waals surface area (Å²) >= 11 is 0. The normalized spacial score (nSPS) is 10.0. The summed E-state index contributed by atoms with van der Waals surface area (Å²) in [6.45, 7) is 1.79. The molecule has 0 spiro atoms. The van der Waals surface area contributed by atoms with Gasteiger partial charge in [0.2, 0.25) is 5.95 Å². The van der Waals surface area contributed by atoms with Crippen LogP contribution >= 0.6 is 0 Å². The molecule has 0 radical (unpaired) electrons. The summed E-state index contributed by atoms with van der Waals surface area (Å²) < 4.78 is 12.6. The molecule has 0 unspecified atom stereocenters. The number of pyridine rings is 2. The summed E-state index contributed by atoms with van der Waals surface area (Å²) in [7, 11) is 0. The van der Waals surface area contributed by atoms with E-state index in [1.54, 1.807) is 25.3 Å². The third-order valence-corrected chi connectivity index (χ3v) is 2.24. The van der Waals surface area contributed by atoms with E-state index in [1.807, 2.05) is 0 Å². The van der Waals surface area contributed by atoms with E-state index in [0.29, 0.717) is 11.3 Å². The Kier molecular flexibility index (Phi) is 3.09. The molecular formula is C12H10FN3O. The number of halogens is 1. The van der Waals surface area contributed by atoms with Crippen molar-refractivity contribution in [3.05, 3.63) is 53.9 Å². The van der Waals surface area contributed by atoms with Gasteiger partial charge in [0.1, 0.15) is 0 Å². The van der Waals surface area contributed by atoms with Crippen molar-refractivity contribution in [3.8, 4) is 0 Å². The van der Waals surface area contributed by atoms with Gasteiger partial charge in [0.25, 0.3) is 5.91 Å². The van der Waals surface area contributed by atoms with Crippen LogP contribution in [0.3, 0.4) is 0 Å². The molecule has 0 atom stereocenters. The topological polar surface area (TPSA) is 54.9 Å². The average molecular weight is 231 g/mol. The smallest absolute Gasteiger partial charge is 0.257 e. The van der Waals surface area contributed by atoms with E-state index in [1.165, 1.54) is 12.3 Å². The molecule has 0 aliphatic rings. The van der Waals surface area contributed by atoms with Gasteiger partial charge in [0.05, 0.1) is 16.9 Å². The van der Waals surface area contributed by atoms with Crippen molar-refractivity contribution in [1.29, 1.82) is 0 Å². The molecule has 0 saturated carbocycles. The first-order valence-electron chi connectivity index (χ1n) is 5.01. The third-order valence-electron chi connectivity index (χ3n) is 2.24. The van der Waals surface area contributed by atoms with Crippen LogP contribution in [0, 0.1) is 12.9 Å². The maximum atomic E-state index is 12.6.